The van der Waals surface area contributed by atoms with Crippen molar-refractivity contribution >= 4 is 0 Å². The van der Waals surface area contributed by atoms with Gasteiger partial charge < -0.3 is 19.1 Å². The maximum atomic E-state index is 5.51. The summed E-state index contributed by atoms with van der Waals surface area (Å²) in [4.78, 5) is 5.16. The molecule has 4 rings (SSSR count). The second kappa shape index (κ2) is 11.2. The van der Waals surface area contributed by atoms with Gasteiger partial charge in [-0.15, -0.1) is 0 Å². The fraction of sp³-hybridized carbons (Fsp3) is 0.357. The number of hydrogen-bond donors (Lipinski definition) is 0. The van der Waals surface area contributed by atoms with Gasteiger partial charge in [-0.25, -0.2) is 0 Å². The largest absolute Gasteiger partial charge is 0.493 e. The van der Waals surface area contributed by atoms with E-state index < -0.39 is 0 Å². The third-order valence-electron chi connectivity index (χ3n) is 6.44. The molecule has 0 amide bonds. The van der Waals surface area contributed by atoms with E-state index in [1.54, 1.807) is 21.3 Å². The van der Waals surface area contributed by atoms with Gasteiger partial charge in [-0.05, 0) is 35.2 Å². The standard InChI is InChI=1S/C28H34N2O3/c1-31-25-20-22(21-26(32-2)28(25)33-3)14-15-29-16-18-30(19-17-29)27(23-10-6-4-7-11-23)24-12-8-5-9-13-24/h4-13,20-21,27H,14-19H2,1-3H3. The van der Waals surface area contributed by atoms with Crippen molar-refractivity contribution in [3.63, 3.8) is 0 Å². The molecule has 0 saturated carbocycles. The smallest absolute Gasteiger partial charge is 0.203 e. The molecule has 1 fully saturated rings. The Kier molecular flexibility index (Phi) is 7.87. The van der Waals surface area contributed by atoms with Crippen LogP contribution in [0.3, 0.4) is 0 Å². The van der Waals surface area contributed by atoms with Gasteiger partial charge in [0.05, 0.1) is 27.4 Å². The summed E-state index contributed by atoms with van der Waals surface area (Å²) in [5, 5.41) is 0. The molecule has 0 radical (unpaired) electrons. The Balaban J connectivity index is 1.40. The number of benzene rings is 3. The minimum Gasteiger partial charge on any atom is -0.493 e. The molecule has 0 N–H and O–H groups in total. The van der Waals surface area contributed by atoms with Gasteiger partial charge in [0.1, 0.15) is 0 Å². The van der Waals surface area contributed by atoms with Crippen molar-refractivity contribution in [1.29, 1.82) is 0 Å². The van der Waals surface area contributed by atoms with Gasteiger partial charge in [0, 0.05) is 32.7 Å². The summed E-state index contributed by atoms with van der Waals surface area (Å²) in [5.41, 5.74) is 3.91. The monoisotopic (exact) mass is 446 g/mol. The molecule has 3 aromatic carbocycles. The van der Waals surface area contributed by atoms with Crippen LogP contribution in [0, 0.1) is 0 Å². The first-order valence-corrected chi connectivity index (χ1v) is 11.6. The lowest BCUT2D eigenvalue weighted by Gasteiger charge is -2.40. The van der Waals surface area contributed by atoms with Crippen LogP contribution in [-0.4, -0.2) is 63.9 Å². The summed E-state index contributed by atoms with van der Waals surface area (Å²) in [6.07, 6.45) is 0.942. The van der Waals surface area contributed by atoms with E-state index in [2.05, 4.69) is 82.6 Å². The van der Waals surface area contributed by atoms with Gasteiger partial charge in [0.15, 0.2) is 11.5 Å². The summed E-state index contributed by atoms with van der Waals surface area (Å²) in [6.45, 7) is 5.21. The minimum absolute atomic E-state index is 0.296. The Labute approximate surface area is 197 Å². The van der Waals surface area contributed by atoms with Crippen LogP contribution in [0.15, 0.2) is 72.8 Å². The predicted molar refractivity (Wildman–Crippen MR) is 133 cm³/mol. The molecule has 0 atom stereocenters. The molecule has 0 spiro atoms. The number of rotatable bonds is 9. The van der Waals surface area contributed by atoms with E-state index in [-0.39, 0.29) is 0 Å². The molecule has 1 saturated heterocycles. The van der Waals surface area contributed by atoms with Crippen molar-refractivity contribution in [2.24, 2.45) is 0 Å². The predicted octanol–water partition coefficient (Wildman–Crippen LogP) is 4.66. The van der Waals surface area contributed by atoms with Crippen LogP contribution in [0.1, 0.15) is 22.7 Å². The highest BCUT2D eigenvalue weighted by Crippen LogP contribution is 2.38. The molecule has 0 unspecified atom stereocenters. The zero-order valence-corrected chi connectivity index (χ0v) is 19.9. The molecule has 5 heteroatoms. The topological polar surface area (TPSA) is 34.2 Å². The molecule has 0 aliphatic carbocycles. The van der Waals surface area contributed by atoms with Crippen molar-refractivity contribution < 1.29 is 14.2 Å². The molecular weight excluding hydrogens is 412 g/mol. The summed E-state index contributed by atoms with van der Waals surface area (Å²) in [6, 6.07) is 26.1. The Morgan fingerprint density at radius 1 is 0.697 bits per heavy atom. The summed E-state index contributed by atoms with van der Waals surface area (Å²) >= 11 is 0. The quantitative estimate of drug-likeness (QED) is 0.478. The van der Waals surface area contributed by atoms with Gasteiger partial charge >= 0.3 is 0 Å². The number of ether oxygens (including phenoxy) is 3. The minimum atomic E-state index is 0.296. The zero-order chi connectivity index (χ0) is 23.0. The van der Waals surface area contributed by atoms with Gasteiger partial charge in [-0.1, -0.05) is 60.7 Å². The highest BCUT2D eigenvalue weighted by atomic mass is 16.5. The molecular formula is C28H34N2O3. The highest BCUT2D eigenvalue weighted by molar-refractivity contribution is 5.53. The van der Waals surface area contributed by atoms with Gasteiger partial charge in [0.25, 0.3) is 0 Å². The molecule has 174 valence electrons. The lowest BCUT2D eigenvalue weighted by Crippen LogP contribution is -2.48. The molecule has 5 nitrogen and oxygen atoms in total. The van der Waals surface area contributed by atoms with Crippen LogP contribution in [-0.2, 0) is 6.42 Å². The van der Waals surface area contributed by atoms with E-state index >= 15 is 0 Å². The van der Waals surface area contributed by atoms with Crippen LogP contribution in [0.4, 0.5) is 0 Å². The molecule has 0 aromatic heterocycles. The number of methoxy groups -OCH3 is 3. The third-order valence-corrected chi connectivity index (χ3v) is 6.44. The fourth-order valence-corrected chi connectivity index (χ4v) is 4.70. The maximum absolute atomic E-state index is 5.51. The number of nitrogens with zero attached hydrogens (tertiary/aromatic N) is 2. The Morgan fingerprint density at radius 3 is 1.67 bits per heavy atom. The van der Waals surface area contributed by atoms with E-state index in [4.69, 9.17) is 14.2 Å². The summed E-state index contributed by atoms with van der Waals surface area (Å²) < 4.78 is 16.5. The van der Waals surface area contributed by atoms with E-state index in [9.17, 15) is 0 Å². The van der Waals surface area contributed by atoms with Crippen LogP contribution in [0.2, 0.25) is 0 Å². The molecule has 33 heavy (non-hydrogen) atoms. The molecule has 1 aliphatic rings. The number of piperazine rings is 1. The second-order valence-corrected chi connectivity index (χ2v) is 8.39. The van der Waals surface area contributed by atoms with Crippen molar-refractivity contribution in [1.82, 2.24) is 9.80 Å². The molecule has 3 aromatic rings. The maximum Gasteiger partial charge on any atom is 0.203 e. The average Bonchev–Trinajstić information content (AvgIpc) is 2.89. The normalized spacial score (nSPS) is 14.9. The van der Waals surface area contributed by atoms with Crippen molar-refractivity contribution in [3.8, 4) is 17.2 Å². The summed E-state index contributed by atoms with van der Waals surface area (Å²) in [7, 11) is 4.96. The van der Waals surface area contributed by atoms with E-state index in [1.165, 1.54) is 16.7 Å². The first-order chi connectivity index (χ1) is 16.2. The Morgan fingerprint density at radius 2 is 1.21 bits per heavy atom. The van der Waals surface area contributed by atoms with Crippen LogP contribution in [0.25, 0.3) is 0 Å². The molecule has 0 bridgehead atoms. The number of hydrogen-bond acceptors (Lipinski definition) is 5. The van der Waals surface area contributed by atoms with Gasteiger partial charge in [0.2, 0.25) is 5.75 Å². The Hall–Kier alpha value is -3.02. The van der Waals surface area contributed by atoms with E-state index in [0.29, 0.717) is 23.3 Å². The van der Waals surface area contributed by atoms with Gasteiger partial charge in [-0.3, -0.25) is 4.90 Å². The zero-order valence-electron chi connectivity index (χ0n) is 19.9. The second-order valence-electron chi connectivity index (χ2n) is 8.39. The SMILES string of the molecule is COc1cc(CCN2CCN(C(c3ccccc3)c3ccccc3)CC2)cc(OC)c1OC. The van der Waals surface area contributed by atoms with E-state index in [1.807, 2.05) is 0 Å². The van der Waals surface area contributed by atoms with Crippen molar-refractivity contribution in [2.75, 3.05) is 54.1 Å². The Bertz CT molecular complexity index is 938. The lowest BCUT2D eigenvalue weighted by molar-refractivity contribution is 0.110. The molecule has 1 heterocycles. The van der Waals surface area contributed by atoms with Crippen LogP contribution in [0.5, 0.6) is 17.2 Å². The first kappa shape index (κ1) is 23.1. The first-order valence-electron chi connectivity index (χ1n) is 11.6. The lowest BCUT2D eigenvalue weighted by atomic mass is 9.96. The van der Waals surface area contributed by atoms with Gasteiger partial charge in [-0.2, -0.15) is 0 Å². The summed E-state index contributed by atoms with van der Waals surface area (Å²) in [5.74, 6) is 2.07. The average molecular weight is 447 g/mol. The van der Waals surface area contributed by atoms with Crippen molar-refractivity contribution in [3.05, 3.63) is 89.5 Å². The van der Waals surface area contributed by atoms with Crippen LogP contribution >= 0.6 is 0 Å². The van der Waals surface area contributed by atoms with Crippen LogP contribution < -0.4 is 14.2 Å². The van der Waals surface area contributed by atoms with E-state index in [0.717, 1.165) is 39.1 Å². The highest BCUT2D eigenvalue weighted by Gasteiger charge is 2.26. The van der Waals surface area contributed by atoms with Crippen molar-refractivity contribution in [2.45, 2.75) is 12.5 Å². The molecule has 1 aliphatic heterocycles. The third kappa shape index (κ3) is 5.49. The fourth-order valence-electron chi connectivity index (χ4n) is 4.70.